The van der Waals surface area contributed by atoms with Gasteiger partial charge in [-0.25, -0.2) is 4.98 Å². The van der Waals surface area contributed by atoms with E-state index in [-0.39, 0.29) is 30.8 Å². The number of nitrogens with one attached hydrogen (secondary N) is 1. The Morgan fingerprint density at radius 3 is 2.44 bits per heavy atom. The van der Waals surface area contributed by atoms with E-state index >= 15 is 0 Å². The monoisotopic (exact) mass is 498 g/mol. The average Bonchev–Trinajstić information content (AvgIpc) is 3.25. The number of para-hydroxylation sites is 2. The van der Waals surface area contributed by atoms with Crippen LogP contribution in [-0.4, -0.2) is 83.2 Å². The topological polar surface area (TPSA) is 112 Å². The summed E-state index contributed by atoms with van der Waals surface area (Å²) in [7, 11) is -0.749. The van der Waals surface area contributed by atoms with Crippen molar-refractivity contribution in [3.63, 3.8) is 0 Å². The van der Waals surface area contributed by atoms with E-state index in [0.29, 0.717) is 30.3 Å². The Balaban J connectivity index is 0.00000289. The van der Waals surface area contributed by atoms with Crippen molar-refractivity contribution in [2.45, 2.75) is 0 Å². The first-order valence-electron chi connectivity index (χ1n) is 10.2. The Kier molecular flexibility index (Phi) is 8.46. The molecule has 0 spiro atoms. The van der Waals surface area contributed by atoms with Gasteiger partial charge in [-0.2, -0.15) is 0 Å². The third-order valence-electron chi connectivity index (χ3n) is 5.42. The summed E-state index contributed by atoms with van der Waals surface area (Å²) in [5.41, 5.74) is 7.36. The molecule has 0 saturated carbocycles. The van der Waals surface area contributed by atoms with Crippen molar-refractivity contribution in [1.29, 1.82) is 0 Å². The number of carbonyl (C=O) groups excluding carboxylic acids is 2. The zero-order chi connectivity index (χ0) is 21.8. The molecule has 3 heterocycles. The van der Waals surface area contributed by atoms with Crippen LogP contribution in [0.1, 0.15) is 10.5 Å². The quantitative estimate of drug-likeness (QED) is 0.610. The van der Waals surface area contributed by atoms with E-state index in [4.69, 9.17) is 5.73 Å². The number of benzene rings is 1. The predicted molar refractivity (Wildman–Crippen MR) is 132 cm³/mol. The van der Waals surface area contributed by atoms with Crippen LogP contribution in [0.5, 0.6) is 0 Å². The van der Waals surface area contributed by atoms with E-state index in [9.17, 15) is 13.8 Å². The van der Waals surface area contributed by atoms with Crippen molar-refractivity contribution in [3.8, 4) is 0 Å². The zero-order valence-corrected chi connectivity index (χ0v) is 20.0. The van der Waals surface area contributed by atoms with Crippen molar-refractivity contribution in [2.24, 2.45) is 5.73 Å². The maximum Gasteiger partial charge on any atom is 0.275 e. The van der Waals surface area contributed by atoms with Crippen LogP contribution in [0.3, 0.4) is 0 Å². The Morgan fingerprint density at radius 2 is 1.75 bits per heavy atom. The molecule has 174 valence electrons. The van der Waals surface area contributed by atoms with Crippen molar-refractivity contribution in [1.82, 2.24) is 9.88 Å². The molecular formula is C20H27ClN6O3S2. The summed E-state index contributed by atoms with van der Waals surface area (Å²) in [4.78, 5) is 34.8. The highest BCUT2D eigenvalue weighted by Crippen LogP contribution is 2.28. The van der Waals surface area contributed by atoms with Gasteiger partial charge in [0, 0.05) is 67.0 Å². The molecule has 1 aromatic carbocycles. The predicted octanol–water partition coefficient (Wildman–Crippen LogP) is 0.993. The van der Waals surface area contributed by atoms with Crippen molar-refractivity contribution in [3.05, 3.63) is 35.3 Å². The van der Waals surface area contributed by atoms with Crippen LogP contribution in [0.15, 0.2) is 29.6 Å². The molecule has 0 radical (unpaired) electrons. The zero-order valence-electron chi connectivity index (χ0n) is 17.6. The number of aromatic nitrogens is 1. The van der Waals surface area contributed by atoms with Crippen LogP contribution in [0, 0.1) is 0 Å². The minimum absolute atomic E-state index is 0. The minimum Gasteiger partial charge on any atom is -0.369 e. The highest BCUT2D eigenvalue weighted by Gasteiger charge is 2.23. The standard InChI is InChI=1S/C20H26N6O3S2.ClH/c21-18(27)13-24-5-7-25(8-6-24)17-4-2-1-3-15(17)22-19(28)16-14-30-20(23-16)26-9-11-31(29)12-10-26;/h1-4,14H,5-13H2,(H2,21,27)(H,22,28);1H. The van der Waals surface area contributed by atoms with Gasteiger partial charge in [-0.1, -0.05) is 12.1 Å². The first kappa shape index (κ1) is 24.4. The van der Waals surface area contributed by atoms with Gasteiger partial charge in [0.25, 0.3) is 5.91 Å². The fourth-order valence-electron chi connectivity index (χ4n) is 3.75. The number of carbonyl (C=O) groups is 2. The van der Waals surface area contributed by atoms with Gasteiger partial charge >= 0.3 is 0 Å². The Hall–Kier alpha value is -2.21. The van der Waals surface area contributed by atoms with E-state index in [1.54, 1.807) is 5.38 Å². The number of anilines is 3. The molecule has 2 aliphatic rings. The van der Waals surface area contributed by atoms with E-state index in [1.165, 1.54) is 11.3 Å². The van der Waals surface area contributed by atoms with E-state index in [0.717, 1.165) is 42.7 Å². The molecule has 2 amide bonds. The average molecular weight is 499 g/mol. The molecule has 32 heavy (non-hydrogen) atoms. The molecule has 1 aromatic heterocycles. The third kappa shape index (κ3) is 5.97. The van der Waals surface area contributed by atoms with Crippen LogP contribution in [-0.2, 0) is 15.6 Å². The SMILES string of the molecule is Cl.NC(=O)CN1CCN(c2ccccc2NC(=O)c2csc(N3CCS(=O)CC3)n2)CC1. The van der Waals surface area contributed by atoms with Gasteiger partial charge in [0.05, 0.1) is 17.9 Å². The summed E-state index contributed by atoms with van der Waals surface area (Å²) in [6, 6.07) is 7.71. The number of halogens is 1. The Morgan fingerprint density at radius 1 is 1.06 bits per heavy atom. The first-order chi connectivity index (χ1) is 15.0. The number of rotatable bonds is 6. The lowest BCUT2D eigenvalue weighted by molar-refractivity contribution is -0.119. The number of primary amides is 1. The van der Waals surface area contributed by atoms with Crippen LogP contribution in [0.25, 0.3) is 0 Å². The minimum atomic E-state index is -0.749. The molecule has 12 heteroatoms. The van der Waals surface area contributed by atoms with Gasteiger partial charge in [0.2, 0.25) is 5.91 Å². The van der Waals surface area contributed by atoms with Gasteiger partial charge in [0.1, 0.15) is 5.69 Å². The summed E-state index contributed by atoms with van der Waals surface area (Å²) >= 11 is 1.43. The summed E-state index contributed by atoms with van der Waals surface area (Å²) in [5, 5.41) is 5.56. The lowest BCUT2D eigenvalue weighted by atomic mass is 10.2. The van der Waals surface area contributed by atoms with Gasteiger partial charge < -0.3 is 20.9 Å². The molecule has 9 nitrogen and oxygen atoms in total. The fraction of sp³-hybridized carbons (Fsp3) is 0.450. The number of thiazole rings is 1. The Labute approximate surface area is 199 Å². The van der Waals surface area contributed by atoms with E-state index in [1.807, 2.05) is 29.2 Å². The number of amides is 2. The lowest BCUT2D eigenvalue weighted by Crippen LogP contribution is -2.49. The molecule has 0 bridgehead atoms. The summed E-state index contributed by atoms with van der Waals surface area (Å²) in [6.07, 6.45) is 0. The van der Waals surface area contributed by atoms with Gasteiger partial charge in [-0.15, -0.1) is 23.7 Å². The second-order valence-electron chi connectivity index (χ2n) is 7.55. The molecule has 2 aromatic rings. The second-order valence-corrected chi connectivity index (χ2v) is 10.1. The Bertz CT molecular complexity index is 970. The maximum atomic E-state index is 12.9. The number of nitrogens with two attached hydrogens (primary N) is 1. The van der Waals surface area contributed by atoms with Crippen LogP contribution < -0.4 is 20.9 Å². The summed E-state index contributed by atoms with van der Waals surface area (Å²) in [5.74, 6) is 0.715. The molecule has 0 aliphatic carbocycles. The van der Waals surface area contributed by atoms with Crippen LogP contribution >= 0.6 is 23.7 Å². The van der Waals surface area contributed by atoms with Crippen LogP contribution in [0.2, 0.25) is 0 Å². The van der Waals surface area contributed by atoms with Crippen LogP contribution in [0.4, 0.5) is 16.5 Å². The van der Waals surface area contributed by atoms with E-state index < -0.39 is 10.8 Å². The normalized spacial score (nSPS) is 17.6. The molecule has 0 unspecified atom stereocenters. The van der Waals surface area contributed by atoms with Crippen molar-refractivity contribution in [2.75, 3.05) is 72.4 Å². The van der Waals surface area contributed by atoms with Gasteiger partial charge in [0.15, 0.2) is 5.13 Å². The summed E-state index contributed by atoms with van der Waals surface area (Å²) in [6.45, 7) is 4.64. The maximum absolute atomic E-state index is 12.9. The fourth-order valence-corrected chi connectivity index (χ4v) is 5.66. The molecule has 2 fully saturated rings. The molecule has 0 atom stereocenters. The van der Waals surface area contributed by atoms with Crippen molar-refractivity contribution < 1.29 is 13.8 Å². The van der Waals surface area contributed by atoms with E-state index in [2.05, 4.69) is 20.1 Å². The molecule has 3 N–H and O–H groups in total. The van der Waals surface area contributed by atoms with Crippen molar-refractivity contribution >= 4 is 62.9 Å². The highest BCUT2D eigenvalue weighted by molar-refractivity contribution is 7.85. The number of hydrogen-bond acceptors (Lipinski definition) is 8. The molecule has 4 rings (SSSR count). The largest absolute Gasteiger partial charge is 0.369 e. The number of nitrogens with zero attached hydrogens (tertiary/aromatic N) is 4. The second kappa shape index (κ2) is 11.1. The van der Waals surface area contributed by atoms with Gasteiger partial charge in [-0.05, 0) is 12.1 Å². The van der Waals surface area contributed by atoms with Gasteiger partial charge in [-0.3, -0.25) is 18.7 Å². The number of hydrogen-bond donors (Lipinski definition) is 2. The molecule has 2 saturated heterocycles. The lowest BCUT2D eigenvalue weighted by Gasteiger charge is -2.36. The summed E-state index contributed by atoms with van der Waals surface area (Å²) < 4.78 is 11.6. The smallest absolute Gasteiger partial charge is 0.275 e. The molecule has 2 aliphatic heterocycles. The third-order valence-corrected chi connectivity index (χ3v) is 7.59. The number of piperazine rings is 1. The first-order valence-corrected chi connectivity index (χ1v) is 12.6. The highest BCUT2D eigenvalue weighted by atomic mass is 35.5. The molecular weight excluding hydrogens is 472 g/mol.